The number of hydrogen-bond donors (Lipinski definition) is 0. The molecule has 2 fully saturated rings. The van der Waals surface area contributed by atoms with Gasteiger partial charge in [0.1, 0.15) is 4.70 Å². The molecule has 11 nitrogen and oxygen atoms in total. The summed E-state index contributed by atoms with van der Waals surface area (Å²) < 4.78 is 39.3. The molecule has 0 unspecified atom stereocenters. The van der Waals surface area contributed by atoms with E-state index in [2.05, 4.69) is 9.88 Å². The van der Waals surface area contributed by atoms with Gasteiger partial charge in [-0.05, 0) is 19.5 Å². The van der Waals surface area contributed by atoms with E-state index in [1.54, 1.807) is 9.80 Å². The minimum absolute atomic E-state index is 0.0458. The van der Waals surface area contributed by atoms with Crippen LogP contribution in [0.2, 0.25) is 0 Å². The molecule has 0 atom stereocenters. The predicted molar refractivity (Wildman–Crippen MR) is 134 cm³/mol. The number of fused-ring (bicyclic) bond motifs is 1. The molecule has 4 rings (SSSR count). The van der Waals surface area contributed by atoms with Gasteiger partial charge in [0.15, 0.2) is 5.13 Å². The van der Waals surface area contributed by atoms with Crippen molar-refractivity contribution in [2.24, 2.45) is 0 Å². The monoisotopic (exact) mass is 556 g/mol. The zero-order chi connectivity index (χ0) is 27.6. The highest BCUT2D eigenvalue weighted by Crippen LogP contribution is 2.38. The SMILES string of the molecule is CN1CCN(C(=O)CCCC(=O)N2CCN(c3nc(=O)c4cc(C(F)(F)F)cc([N+](=O)[O-])c4s3)CC2)CC1. The zero-order valence-electron chi connectivity index (χ0n) is 20.7. The van der Waals surface area contributed by atoms with Crippen molar-refractivity contribution in [2.45, 2.75) is 25.4 Å². The maximum absolute atomic E-state index is 13.2. The Bertz CT molecular complexity index is 1290. The molecule has 0 aliphatic carbocycles. The molecule has 0 spiro atoms. The second-order valence-electron chi connectivity index (χ2n) is 9.33. The van der Waals surface area contributed by atoms with Crippen molar-refractivity contribution in [1.29, 1.82) is 0 Å². The van der Waals surface area contributed by atoms with Crippen molar-refractivity contribution in [2.75, 3.05) is 64.3 Å². The van der Waals surface area contributed by atoms with Crippen LogP contribution in [-0.4, -0.2) is 95.8 Å². The standard InChI is InChI=1S/C23H27F3N6O5S/c1-28-5-7-29(8-6-28)18(33)3-2-4-19(34)30-9-11-31(12-10-30)22-27-21(35)16-13-15(23(24,25)26)14-17(32(36)37)20(16)38-22/h13-14H,2-12H2,1H3. The average molecular weight is 557 g/mol. The fourth-order valence-corrected chi connectivity index (χ4v) is 5.60. The van der Waals surface area contributed by atoms with Gasteiger partial charge in [-0.2, -0.15) is 18.2 Å². The summed E-state index contributed by atoms with van der Waals surface area (Å²) in [5, 5.41) is 11.2. The molecule has 2 aliphatic heterocycles. The summed E-state index contributed by atoms with van der Waals surface area (Å²) in [6.07, 6.45) is -3.87. The lowest BCUT2D eigenvalue weighted by atomic mass is 10.1. The first-order valence-corrected chi connectivity index (χ1v) is 12.9. The minimum atomic E-state index is -4.85. The first-order chi connectivity index (χ1) is 17.9. The first kappa shape index (κ1) is 27.7. The molecule has 2 aromatic rings. The Labute approximate surface area is 219 Å². The molecule has 2 amide bonds. The summed E-state index contributed by atoms with van der Waals surface area (Å²) in [5.74, 6) is -0.0461. The smallest absolute Gasteiger partial charge is 0.344 e. The van der Waals surface area contributed by atoms with Crippen molar-refractivity contribution in [3.8, 4) is 0 Å². The van der Waals surface area contributed by atoms with Gasteiger partial charge in [0.2, 0.25) is 11.8 Å². The van der Waals surface area contributed by atoms with Crippen LogP contribution in [0.3, 0.4) is 0 Å². The molecule has 15 heteroatoms. The first-order valence-electron chi connectivity index (χ1n) is 12.1. The predicted octanol–water partition coefficient (Wildman–Crippen LogP) is 2.18. The second kappa shape index (κ2) is 11.2. The number of carbonyl (C=O) groups excluding carboxylic acids is 2. The number of hydrogen-bond acceptors (Lipinski definition) is 9. The second-order valence-corrected chi connectivity index (χ2v) is 10.3. The van der Waals surface area contributed by atoms with Gasteiger partial charge in [0.25, 0.3) is 11.2 Å². The Balaban J connectivity index is 1.37. The van der Waals surface area contributed by atoms with E-state index in [0.717, 1.165) is 24.4 Å². The minimum Gasteiger partial charge on any atom is -0.344 e. The summed E-state index contributed by atoms with van der Waals surface area (Å²) in [4.78, 5) is 59.3. The van der Waals surface area contributed by atoms with Crippen molar-refractivity contribution in [1.82, 2.24) is 19.7 Å². The number of rotatable bonds is 6. The van der Waals surface area contributed by atoms with Crippen LogP contribution in [0.5, 0.6) is 0 Å². The number of anilines is 1. The summed E-state index contributed by atoms with van der Waals surface area (Å²) in [6, 6.07) is 1.01. The highest BCUT2D eigenvalue weighted by molar-refractivity contribution is 7.22. The molecule has 1 aromatic heterocycles. The van der Waals surface area contributed by atoms with Crippen molar-refractivity contribution >= 4 is 44.1 Å². The van der Waals surface area contributed by atoms with E-state index in [1.807, 2.05) is 11.9 Å². The maximum Gasteiger partial charge on any atom is 0.416 e. The number of piperazine rings is 2. The molecule has 2 saturated heterocycles. The average Bonchev–Trinajstić information content (AvgIpc) is 2.87. The van der Waals surface area contributed by atoms with Gasteiger partial charge in [0, 0.05) is 71.3 Å². The number of amides is 2. The Morgan fingerprint density at radius 3 is 2.08 bits per heavy atom. The van der Waals surface area contributed by atoms with Gasteiger partial charge < -0.3 is 19.6 Å². The normalized spacial score (nSPS) is 17.2. The fourth-order valence-electron chi connectivity index (χ4n) is 4.49. The van der Waals surface area contributed by atoms with E-state index in [4.69, 9.17) is 0 Å². The van der Waals surface area contributed by atoms with Crippen LogP contribution in [0.25, 0.3) is 10.1 Å². The number of nitro benzene ring substituents is 1. The quantitative estimate of drug-likeness (QED) is 0.392. The molecule has 1 aromatic carbocycles. The van der Waals surface area contributed by atoms with Crippen molar-refractivity contribution < 1.29 is 27.7 Å². The number of nitrogens with zero attached hydrogens (tertiary/aromatic N) is 6. The van der Waals surface area contributed by atoms with Gasteiger partial charge in [-0.3, -0.25) is 24.5 Å². The van der Waals surface area contributed by atoms with Gasteiger partial charge in [0.05, 0.1) is 15.9 Å². The summed E-state index contributed by atoms with van der Waals surface area (Å²) in [5.41, 5.74) is -3.07. The Morgan fingerprint density at radius 1 is 1.00 bits per heavy atom. The molecule has 3 heterocycles. The van der Waals surface area contributed by atoms with E-state index in [0.29, 0.717) is 64.2 Å². The number of halogens is 3. The number of alkyl halides is 3. The van der Waals surface area contributed by atoms with Crippen LogP contribution in [0.4, 0.5) is 24.0 Å². The van der Waals surface area contributed by atoms with Crippen LogP contribution in [0.1, 0.15) is 24.8 Å². The number of aromatic nitrogens is 1. The number of benzene rings is 1. The lowest BCUT2D eigenvalue weighted by molar-refractivity contribution is -0.383. The van der Waals surface area contributed by atoms with Gasteiger partial charge in [-0.1, -0.05) is 11.3 Å². The van der Waals surface area contributed by atoms with Crippen LogP contribution in [0, 0.1) is 10.1 Å². The fraction of sp³-hybridized carbons (Fsp3) is 0.565. The van der Waals surface area contributed by atoms with E-state index in [-0.39, 0.29) is 28.1 Å². The van der Waals surface area contributed by atoms with E-state index >= 15 is 0 Å². The third-order valence-corrected chi connectivity index (χ3v) is 7.92. The number of nitro groups is 1. The molecular formula is C23H27F3N6O5S. The zero-order valence-corrected chi connectivity index (χ0v) is 21.5. The highest BCUT2D eigenvalue weighted by Gasteiger charge is 2.34. The van der Waals surface area contributed by atoms with Gasteiger partial charge >= 0.3 is 6.18 Å². The summed E-state index contributed by atoms with van der Waals surface area (Å²) >= 11 is 0.779. The van der Waals surface area contributed by atoms with Crippen molar-refractivity contribution in [3.63, 3.8) is 0 Å². The van der Waals surface area contributed by atoms with Crippen LogP contribution < -0.4 is 10.5 Å². The largest absolute Gasteiger partial charge is 0.416 e. The van der Waals surface area contributed by atoms with Gasteiger partial charge in [-0.15, -0.1) is 0 Å². The number of non-ortho nitro benzene ring substituents is 1. The van der Waals surface area contributed by atoms with E-state index < -0.39 is 33.3 Å². The van der Waals surface area contributed by atoms with Crippen LogP contribution in [-0.2, 0) is 15.8 Å². The molecule has 0 radical (unpaired) electrons. The maximum atomic E-state index is 13.2. The lowest BCUT2D eigenvalue weighted by Gasteiger charge is -2.35. The highest BCUT2D eigenvalue weighted by atomic mass is 32.1. The Kier molecular flexibility index (Phi) is 8.16. The molecule has 38 heavy (non-hydrogen) atoms. The van der Waals surface area contributed by atoms with E-state index in [9.17, 15) is 37.7 Å². The molecular weight excluding hydrogens is 529 g/mol. The Morgan fingerprint density at radius 2 is 1.55 bits per heavy atom. The lowest BCUT2D eigenvalue weighted by Crippen LogP contribution is -2.49. The molecule has 0 N–H and O–H groups in total. The third kappa shape index (κ3) is 6.20. The number of likely N-dealkylation sites (N-methyl/N-ethyl adjacent to an activating group) is 1. The van der Waals surface area contributed by atoms with Gasteiger partial charge in [-0.25, -0.2) is 0 Å². The summed E-state index contributed by atoms with van der Waals surface area (Å²) in [7, 11) is 2.01. The molecule has 0 bridgehead atoms. The van der Waals surface area contributed by atoms with E-state index in [1.165, 1.54) is 0 Å². The molecule has 2 aliphatic rings. The van der Waals surface area contributed by atoms with Crippen LogP contribution >= 0.6 is 11.3 Å². The molecule has 206 valence electrons. The number of carbonyl (C=O) groups is 2. The third-order valence-electron chi connectivity index (χ3n) is 6.75. The Hall–Kier alpha value is -3.33. The summed E-state index contributed by atoms with van der Waals surface area (Å²) in [6.45, 7) is 4.28. The molecule has 0 saturated carbocycles. The topological polar surface area (TPSA) is 120 Å². The van der Waals surface area contributed by atoms with Crippen LogP contribution in [0.15, 0.2) is 16.9 Å². The van der Waals surface area contributed by atoms with Crippen molar-refractivity contribution in [3.05, 3.63) is 38.2 Å².